The van der Waals surface area contributed by atoms with Crippen molar-refractivity contribution < 1.29 is 13.3 Å². The van der Waals surface area contributed by atoms with Gasteiger partial charge in [0.1, 0.15) is 6.20 Å². The number of aromatic nitrogens is 5. The van der Waals surface area contributed by atoms with Crippen molar-refractivity contribution in [1.82, 2.24) is 24.4 Å². The lowest BCUT2D eigenvalue weighted by Crippen LogP contribution is -2.14. The smallest absolute Gasteiger partial charge is 0.343 e. The first-order valence-corrected chi connectivity index (χ1v) is 6.73. The molecule has 0 atom stereocenters. The summed E-state index contributed by atoms with van der Waals surface area (Å²) in [5, 5.41) is 17.7. The van der Waals surface area contributed by atoms with Crippen LogP contribution in [0.1, 0.15) is 17.8 Å². The van der Waals surface area contributed by atoms with Crippen LogP contribution >= 0.6 is 11.5 Å². The highest BCUT2D eigenvalue weighted by Crippen LogP contribution is 2.17. The first-order chi connectivity index (χ1) is 9.06. The van der Waals surface area contributed by atoms with Gasteiger partial charge < -0.3 is 10.1 Å². The van der Waals surface area contributed by atoms with E-state index in [4.69, 9.17) is 0 Å². The van der Waals surface area contributed by atoms with Crippen LogP contribution in [0.5, 0.6) is 0 Å². The minimum Gasteiger partial charge on any atom is -0.358 e. The van der Waals surface area contributed by atoms with Gasteiger partial charge in [0.25, 0.3) is 0 Å². The van der Waals surface area contributed by atoms with Crippen LogP contribution in [0.25, 0.3) is 0 Å². The molecule has 0 spiro atoms. The van der Waals surface area contributed by atoms with E-state index in [1.807, 2.05) is 0 Å². The minimum absolute atomic E-state index is 0.0310. The molecule has 2 rings (SSSR count). The molecule has 0 saturated heterocycles. The fourth-order valence-electron chi connectivity index (χ4n) is 1.47. The Morgan fingerprint density at radius 3 is 2.79 bits per heavy atom. The highest BCUT2D eigenvalue weighted by atomic mass is 32.2. The van der Waals surface area contributed by atoms with Gasteiger partial charge in [0.2, 0.25) is 21.0 Å². The molecule has 0 radical (unpaired) electrons. The summed E-state index contributed by atoms with van der Waals surface area (Å²) in [5.74, 6) is -0.348. The van der Waals surface area contributed by atoms with Crippen molar-refractivity contribution >= 4 is 32.5 Å². The second kappa shape index (κ2) is 5.19. The number of imidazole rings is 1. The van der Waals surface area contributed by atoms with Gasteiger partial charge in [-0.05, 0) is 17.1 Å². The third kappa shape index (κ3) is 2.34. The zero-order valence-corrected chi connectivity index (χ0v) is 11.1. The van der Waals surface area contributed by atoms with E-state index in [1.165, 1.54) is 4.57 Å². The second-order valence-electron chi connectivity index (χ2n) is 3.17. The molecule has 0 aliphatic rings. The van der Waals surface area contributed by atoms with Crippen molar-refractivity contribution in [2.24, 2.45) is 0 Å². The fourth-order valence-corrected chi connectivity index (χ4v) is 2.68. The summed E-state index contributed by atoms with van der Waals surface area (Å²) in [5.41, 5.74) is 0. The van der Waals surface area contributed by atoms with E-state index in [-0.39, 0.29) is 28.1 Å². The summed E-state index contributed by atoms with van der Waals surface area (Å²) in [6.07, 6.45) is 1.00. The summed E-state index contributed by atoms with van der Waals surface area (Å²) in [6, 6.07) is 0. The molecule has 0 saturated carbocycles. The monoisotopic (exact) mass is 302 g/mol. The van der Waals surface area contributed by atoms with Gasteiger partial charge in [0, 0.05) is 11.5 Å². The summed E-state index contributed by atoms with van der Waals surface area (Å²) in [6.45, 7) is 1.83. The van der Waals surface area contributed by atoms with Crippen LogP contribution in [-0.4, -0.2) is 42.6 Å². The van der Waals surface area contributed by atoms with Crippen molar-refractivity contribution in [3.05, 3.63) is 27.1 Å². The lowest BCUT2D eigenvalue weighted by molar-refractivity contribution is -0.392. The Hall–Kier alpha value is -2.21. The Balaban J connectivity index is 2.71. The zero-order chi connectivity index (χ0) is 14.0. The average Bonchev–Trinajstić information content (AvgIpc) is 2.98. The highest BCUT2D eigenvalue weighted by molar-refractivity contribution is 7.74. The normalized spacial score (nSPS) is 10.4. The predicted octanol–water partition coefficient (Wildman–Crippen LogP) is -0.494. The molecule has 19 heavy (non-hydrogen) atoms. The first kappa shape index (κ1) is 13.2. The topological polar surface area (TPSA) is 134 Å². The van der Waals surface area contributed by atoms with Crippen molar-refractivity contribution in [3.63, 3.8) is 0 Å². The third-order valence-corrected chi connectivity index (χ3v) is 3.65. The molecule has 0 aromatic carbocycles. The van der Waals surface area contributed by atoms with E-state index in [2.05, 4.69) is 19.8 Å². The second-order valence-corrected chi connectivity index (χ2v) is 4.78. The summed E-state index contributed by atoms with van der Waals surface area (Å²) < 4.78 is 27.2. The number of nitrogens with zero attached hydrogens (tertiary/aromatic N) is 6. The maximum atomic E-state index is 11.3. The van der Waals surface area contributed by atoms with Gasteiger partial charge in [-0.3, -0.25) is 0 Å². The Morgan fingerprint density at radius 1 is 1.58 bits per heavy atom. The van der Waals surface area contributed by atoms with Gasteiger partial charge >= 0.3 is 5.82 Å². The van der Waals surface area contributed by atoms with Crippen molar-refractivity contribution in [2.75, 3.05) is 0 Å². The van der Waals surface area contributed by atoms with Gasteiger partial charge in [0.05, 0.1) is 6.54 Å². The molecule has 0 unspecified atom stereocenters. The molecular formula is C7H6N6O4S2. The maximum Gasteiger partial charge on any atom is 0.343 e. The van der Waals surface area contributed by atoms with Gasteiger partial charge in [-0.1, -0.05) is 4.49 Å². The largest absolute Gasteiger partial charge is 0.358 e. The Kier molecular flexibility index (Phi) is 3.62. The molecule has 12 heteroatoms. The zero-order valence-electron chi connectivity index (χ0n) is 9.42. The van der Waals surface area contributed by atoms with E-state index >= 15 is 0 Å². The van der Waals surface area contributed by atoms with Gasteiger partial charge in [-0.15, -0.1) is 5.10 Å². The van der Waals surface area contributed by atoms with Crippen molar-refractivity contribution in [3.8, 4) is 0 Å². The van der Waals surface area contributed by atoms with Crippen LogP contribution in [0.2, 0.25) is 0 Å². The standard InChI is InChI=1S/C7H6N6O4S2/c1-2-12-4(13(14)15)3-8-6(12)5(19(16)17)7-9-10-11-18-7/h3H,2H2,1H3. The van der Waals surface area contributed by atoms with E-state index in [9.17, 15) is 18.5 Å². The molecule has 0 bridgehead atoms. The molecule has 2 heterocycles. The van der Waals surface area contributed by atoms with E-state index in [0.717, 1.165) is 17.7 Å². The molecule has 0 fully saturated rings. The average molecular weight is 302 g/mol. The van der Waals surface area contributed by atoms with E-state index in [1.54, 1.807) is 6.92 Å². The Labute approximate surface area is 111 Å². The van der Waals surface area contributed by atoms with Crippen LogP contribution in [-0.2, 0) is 16.8 Å². The van der Waals surface area contributed by atoms with Crippen LogP contribution in [0.15, 0.2) is 6.20 Å². The summed E-state index contributed by atoms with van der Waals surface area (Å²) >= 11 is 0.766. The van der Waals surface area contributed by atoms with Crippen LogP contribution in [0, 0.1) is 10.1 Å². The van der Waals surface area contributed by atoms with Crippen LogP contribution < -0.4 is 0 Å². The molecule has 0 amide bonds. The Morgan fingerprint density at radius 2 is 2.32 bits per heavy atom. The Bertz CT molecular complexity index is 739. The molecular weight excluding hydrogens is 296 g/mol. The SMILES string of the molecule is CCn1c([N+](=O)[O-])cnc1C(c1nnns1)=S(=O)=O. The summed E-state index contributed by atoms with van der Waals surface area (Å²) in [4.78, 5) is 13.7. The first-order valence-electron chi connectivity index (χ1n) is 4.88. The number of rotatable bonds is 4. The molecule has 0 aliphatic heterocycles. The van der Waals surface area contributed by atoms with Crippen LogP contribution in [0.3, 0.4) is 0 Å². The molecule has 0 aliphatic carbocycles. The highest BCUT2D eigenvalue weighted by Gasteiger charge is 2.27. The number of nitro groups is 1. The predicted molar refractivity (Wildman–Crippen MR) is 64.4 cm³/mol. The quantitative estimate of drug-likeness (QED) is 0.319. The number of hydrogen-bond donors (Lipinski definition) is 0. The molecule has 2 aromatic rings. The van der Waals surface area contributed by atoms with Gasteiger partial charge in [-0.2, -0.15) is 8.42 Å². The van der Waals surface area contributed by atoms with Gasteiger partial charge in [-0.25, -0.2) is 9.55 Å². The van der Waals surface area contributed by atoms with Crippen molar-refractivity contribution in [2.45, 2.75) is 13.5 Å². The lowest BCUT2D eigenvalue weighted by Gasteiger charge is -2.00. The minimum atomic E-state index is -2.67. The fraction of sp³-hybridized carbons (Fsp3) is 0.286. The number of hydrogen-bond acceptors (Lipinski definition) is 9. The summed E-state index contributed by atoms with van der Waals surface area (Å²) in [7, 11) is -2.67. The van der Waals surface area contributed by atoms with Crippen molar-refractivity contribution in [1.29, 1.82) is 0 Å². The van der Waals surface area contributed by atoms with Crippen LogP contribution in [0.4, 0.5) is 5.82 Å². The molecule has 0 N–H and O–H groups in total. The maximum absolute atomic E-state index is 11.3. The van der Waals surface area contributed by atoms with E-state index in [0.29, 0.717) is 0 Å². The molecule has 10 nitrogen and oxygen atoms in total. The molecule has 2 aromatic heterocycles. The van der Waals surface area contributed by atoms with E-state index < -0.39 is 15.2 Å². The van der Waals surface area contributed by atoms with Gasteiger partial charge in [0.15, 0.2) is 5.01 Å². The molecule has 100 valence electrons. The third-order valence-electron chi connectivity index (χ3n) is 2.20. The lowest BCUT2D eigenvalue weighted by atomic mass is 10.4.